The van der Waals surface area contributed by atoms with Gasteiger partial charge in [-0.25, -0.2) is 19.7 Å². The number of hydrogen-bond donors (Lipinski definition) is 2. The number of carbonyl (C=O) groups excluding carboxylic acids is 1. The summed E-state index contributed by atoms with van der Waals surface area (Å²) in [5.74, 6) is -0.556. The smallest absolute Gasteiger partial charge is 0.415 e. The van der Waals surface area contributed by atoms with Crippen LogP contribution in [0, 0.1) is 6.92 Å². The van der Waals surface area contributed by atoms with Crippen molar-refractivity contribution in [2.24, 2.45) is 0 Å². The number of fused-ring (bicyclic) bond motifs is 2. The van der Waals surface area contributed by atoms with Gasteiger partial charge in [-0.2, -0.15) is 0 Å². The minimum Gasteiger partial charge on any atom is -0.481 e. The first-order chi connectivity index (χ1) is 19.0. The summed E-state index contributed by atoms with van der Waals surface area (Å²) in [5.41, 5.74) is 5.29. The quantitative estimate of drug-likeness (QED) is 0.460. The fourth-order valence-electron chi connectivity index (χ4n) is 4.84. The Hall–Kier alpha value is -4.41. The van der Waals surface area contributed by atoms with E-state index >= 15 is 0 Å². The minimum absolute atomic E-state index is 0.350. The van der Waals surface area contributed by atoms with E-state index in [0.717, 1.165) is 46.7 Å². The van der Waals surface area contributed by atoms with E-state index in [2.05, 4.69) is 20.2 Å². The molecular formula is C29H34N6O5. The van der Waals surface area contributed by atoms with E-state index < -0.39 is 23.6 Å². The second kappa shape index (κ2) is 10.6. The van der Waals surface area contributed by atoms with Gasteiger partial charge < -0.3 is 24.8 Å². The Morgan fingerprint density at radius 3 is 2.58 bits per heavy atom. The predicted molar refractivity (Wildman–Crippen MR) is 151 cm³/mol. The zero-order valence-electron chi connectivity index (χ0n) is 23.4. The highest BCUT2D eigenvalue weighted by molar-refractivity contribution is 5.92. The standard InChI is InChI=1S/C29H34N6O5/c1-17(26(36)37)19-6-8-21(9-7-19)32-27-31-14-20-10-11-34(16-22(20)33-27)23-15-30-25-24(18(23)2)35(12-13-39-25)28(38)40-29(3,4)5/h6-9,14-15,17H,10-13,16H2,1-5H3,(H,36,37)(H,31,32,33)/t17-/m1/s1. The maximum Gasteiger partial charge on any atom is 0.415 e. The molecule has 0 saturated carbocycles. The van der Waals surface area contributed by atoms with Gasteiger partial charge in [-0.15, -0.1) is 0 Å². The molecule has 0 bridgehead atoms. The van der Waals surface area contributed by atoms with Gasteiger partial charge in [0.1, 0.15) is 17.9 Å². The van der Waals surface area contributed by atoms with Crippen molar-refractivity contribution in [1.82, 2.24) is 15.0 Å². The van der Waals surface area contributed by atoms with E-state index in [4.69, 9.17) is 14.5 Å². The van der Waals surface area contributed by atoms with Gasteiger partial charge in [-0.3, -0.25) is 9.69 Å². The van der Waals surface area contributed by atoms with Crippen LogP contribution in [-0.4, -0.2) is 57.4 Å². The zero-order valence-corrected chi connectivity index (χ0v) is 23.4. The number of nitrogens with zero attached hydrogens (tertiary/aromatic N) is 5. The number of carboxylic acid groups (broad SMARTS) is 1. The van der Waals surface area contributed by atoms with Gasteiger partial charge in [0.2, 0.25) is 11.8 Å². The van der Waals surface area contributed by atoms with Crippen molar-refractivity contribution in [3.05, 3.63) is 59.0 Å². The molecule has 2 aliphatic rings. The SMILES string of the molecule is Cc1c(N2CCc3cnc(Nc4ccc([C@@H](C)C(=O)O)cc4)nc3C2)cnc2c1N(C(=O)OC(C)(C)C)CCO2. The number of rotatable bonds is 5. The summed E-state index contributed by atoms with van der Waals surface area (Å²) in [7, 11) is 0. The number of aromatic nitrogens is 3. The fraction of sp³-hybridized carbons (Fsp3) is 0.414. The summed E-state index contributed by atoms with van der Waals surface area (Å²) < 4.78 is 11.4. The minimum atomic E-state index is -0.863. The van der Waals surface area contributed by atoms with Crippen LogP contribution < -0.4 is 19.9 Å². The van der Waals surface area contributed by atoms with Crippen LogP contribution in [0.15, 0.2) is 36.7 Å². The van der Waals surface area contributed by atoms with E-state index in [1.54, 1.807) is 30.2 Å². The van der Waals surface area contributed by atoms with Gasteiger partial charge in [0.25, 0.3) is 0 Å². The molecule has 5 rings (SSSR count). The summed E-state index contributed by atoms with van der Waals surface area (Å²) in [6, 6.07) is 7.23. The average Bonchev–Trinajstić information content (AvgIpc) is 2.91. The Bertz CT molecular complexity index is 1440. The molecule has 0 fully saturated rings. The maximum atomic E-state index is 13.0. The molecule has 0 unspecified atom stereocenters. The van der Waals surface area contributed by atoms with Crippen molar-refractivity contribution in [3.8, 4) is 5.88 Å². The van der Waals surface area contributed by atoms with Crippen molar-refractivity contribution in [3.63, 3.8) is 0 Å². The number of pyridine rings is 1. The number of benzene rings is 1. The van der Waals surface area contributed by atoms with E-state index in [1.807, 2.05) is 46.0 Å². The Morgan fingerprint density at radius 2 is 1.88 bits per heavy atom. The fourth-order valence-corrected chi connectivity index (χ4v) is 4.84. The second-order valence-corrected chi connectivity index (χ2v) is 11.0. The Kier molecular flexibility index (Phi) is 7.22. The van der Waals surface area contributed by atoms with Crippen LogP contribution in [0.25, 0.3) is 0 Å². The van der Waals surface area contributed by atoms with E-state index in [9.17, 15) is 14.7 Å². The van der Waals surface area contributed by atoms with Crippen LogP contribution >= 0.6 is 0 Å². The number of carboxylic acids is 1. The van der Waals surface area contributed by atoms with Crippen LogP contribution in [0.2, 0.25) is 0 Å². The summed E-state index contributed by atoms with van der Waals surface area (Å²) in [4.78, 5) is 41.9. The van der Waals surface area contributed by atoms with Crippen LogP contribution in [-0.2, 0) is 22.5 Å². The molecule has 11 heteroatoms. The number of carbonyl (C=O) groups is 2. The van der Waals surface area contributed by atoms with E-state index in [0.29, 0.717) is 37.2 Å². The Labute approximate surface area is 233 Å². The number of hydrogen-bond acceptors (Lipinski definition) is 9. The predicted octanol–water partition coefficient (Wildman–Crippen LogP) is 4.81. The van der Waals surface area contributed by atoms with Crippen LogP contribution in [0.4, 0.5) is 27.8 Å². The lowest BCUT2D eigenvalue weighted by Crippen LogP contribution is -2.42. The zero-order chi connectivity index (χ0) is 28.6. The van der Waals surface area contributed by atoms with Crippen molar-refractivity contribution >= 4 is 35.1 Å². The number of aliphatic carboxylic acids is 1. The second-order valence-electron chi connectivity index (χ2n) is 11.0. The van der Waals surface area contributed by atoms with Crippen LogP contribution in [0.5, 0.6) is 5.88 Å². The topological polar surface area (TPSA) is 130 Å². The summed E-state index contributed by atoms with van der Waals surface area (Å²) >= 11 is 0. The third-order valence-corrected chi connectivity index (χ3v) is 7.01. The summed E-state index contributed by atoms with van der Waals surface area (Å²) in [6.45, 7) is 11.2. The Morgan fingerprint density at radius 1 is 1.12 bits per heavy atom. The number of amides is 1. The molecule has 1 amide bonds. The Balaban J connectivity index is 1.36. The lowest BCUT2D eigenvalue weighted by molar-refractivity contribution is -0.138. The normalized spacial score (nSPS) is 15.4. The van der Waals surface area contributed by atoms with Crippen LogP contribution in [0.1, 0.15) is 56.0 Å². The lowest BCUT2D eigenvalue weighted by Gasteiger charge is -2.35. The molecule has 0 radical (unpaired) electrons. The molecule has 210 valence electrons. The molecule has 40 heavy (non-hydrogen) atoms. The largest absolute Gasteiger partial charge is 0.481 e. The summed E-state index contributed by atoms with van der Waals surface area (Å²) in [5, 5.41) is 12.5. The highest BCUT2D eigenvalue weighted by Gasteiger charge is 2.32. The third kappa shape index (κ3) is 5.63. The maximum absolute atomic E-state index is 13.0. The van der Waals surface area contributed by atoms with E-state index in [1.165, 1.54) is 0 Å². The van der Waals surface area contributed by atoms with Gasteiger partial charge in [0.05, 0.1) is 36.6 Å². The number of anilines is 4. The van der Waals surface area contributed by atoms with Gasteiger partial charge in [0, 0.05) is 24.0 Å². The molecule has 2 aromatic heterocycles. The molecule has 3 aromatic rings. The lowest BCUT2D eigenvalue weighted by atomic mass is 10.0. The molecule has 1 aromatic carbocycles. The van der Waals surface area contributed by atoms with Gasteiger partial charge in [-0.05, 0) is 64.3 Å². The molecule has 2 N–H and O–H groups in total. The first-order valence-electron chi connectivity index (χ1n) is 13.3. The molecule has 11 nitrogen and oxygen atoms in total. The van der Waals surface area contributed by atoms with Gasteiger partial charge >= 0.3 is 12.1 Å². The number of ether oxygens (including phenoxy) is 2. The number of nitrogens with one attached hydrogen (secondary N) is 1. The highest BCUT2D eigenvalue weighted by Crippen LogP contribution is 2.39. The highest BCUT2D eigenvalue weighted by atomic mass is 16.6. The van der Waals surface area contributed by atoms with Crippen molar-refractivity contribution in [2.45, 2.75) is 59.1 Å². The first-order valence-corrected chi connectivity index (χ1v) is 13.3. The van der Waals surface area contributed by atoms with Gasteiger partial charge in [0.15, 0.2) is 0 Å². The monoisotopic (exact) mass is 546 g/mol. The molecule has 1 atom stereocenters. The molecule has 0 aliphatic carbocycles. The average molecular weight is 547 g/mol. The van der Waals surface area contributed by atoms with Crippen molar-refractivity contribution < 1.29 is 24.2 Å². The molecular weight excluding hydrogens is 512 g/mol. The summed E-state index contributed by atoms with van der Waals surface area (Å²) in [6.07, 6.45) is 3.98. The van der Waals surface area contributed by atoms with Gasteiger partial charge in [-0.1, -0.05) is 12.1 Å². The van der Waals surface area contributed by atoms with E-state index in [-0.39, 0.29) is 0 Å². The molecule has 4 heterocycles. The van der Waals surface area contributed by atoms with Crippen LogP contribution in [0.3, 0.4) is 0 Å². The molecule has 2 aliphatic heterocycles. The molecule has 0 spiro atoms. The van der Waals surface area contributed by atoms with Crippen molar-refractivity contribution in [1.29, 1.82) is 0 Å². The first kappa shape index (κ1) is 27.2. The third-order valence-electron chi connectivity index (χ3n) is 7.01. The molecule has 0 saturated heterocycles. The van der Waals surface area contributed by atoms with Crippen molar-refractivity contribution in [2.75, 3.05) is 34.8 Å².